The molecule has 20 heavy (non-hydrogen) atoms. The first kappa shape index (κ1) is 15.9. The highest BCUT2D eigenvalue weighted by atomic mass is 16.1. The zero-order valence-electron chi connectivity index (χ0n) is 12.1. The smallest absolute Gasteiger partial charge is 0.228 e. The fourth-order valence-electron chi connectivity index (χ4n) is 1.88. The third-order valence-electron chi connectivity index (χ3n) is 2.89. The van der Waals surface area contributed by atoms with Crippen molar-refractivity contribution in [2.75, 3.05) is 12.4 Å². The zero-order chi connectivity index (χ0) is 14.8. The summed E-state index contributed by atoms with van der Waals surface area (Å²) in [6.07, 6.45) is 1.68. The van der Waals surface area contributed by atoms with Crippen LogP contribution in [0.25, 0.3) is 0 Å². The van der Waals surface area contributed by atoms with E-state index in [1.54, 1.807) is 0 Å². The average Bonchev–Trinajstić information content (AvgIpc) is 2.91. The lowest BCUT2D eigenvalue weighted by atomic mass is 10.2. The molecular weight excluding hydrogens is 248 g/mol. The number of hydrogen-bond acceptors (Lipinski definition) is 2. The lowest BCUT2D eigenvalue weighted by Gasteiger charge is -1.93. The van der Waals surface area contributed by atoms with E-state index in [1.807, 2.05) is 30.3 Å². The van der Waals surface area contributed by atoms with Gasteiger partial charge in [0, 0.05) is 5.69 Å². The van der Waals surface area contributed by atoms with Crippen LogP contribution in [0.3, 0.4) is 0 Å². The van der Waals surface area contributed by atoms with Crippen LogP contribution in [0.4, 0.5) is 5.69 Å². The van der Waals surface area contributed by atoms with Gasteiger partial charge >= 0.3 is 0 Å². The molecule has 3 nitrogen and oxygen atoms in total. The van der Waals surface area contributed by atoms with Crippen LogP contribution in [0, 0.1) is 0 Å². The van der Waals surface area contributed by atoms with Gasteiger partial charge < -0.3 is 11.1 Å². The first-order chi connectivity index (χ1) is 9.79. The van der Waals surface area contributed by atoms with Gasteiger partial charge in [0.05, 0.1) is 6.42 Å². The van der Waals surface area contributed by atoms with E-state index < -0.39 is 0 Å². The largest absolute Gasteiger partial charge is 0.333 e. The van der Waals surface area contributed by atoms with Gasteiger partial charge in [-0.2, -0.15) is 0 Å². The van der Waals surface area contributed by atoms with Crippen molar-refractivity contribution in [3.8, 4) is 0 Å². The summed E-state index contributed by atoms with van der Waals surface area (Å²) >= 11 is 0. The molecule has 2 aromatic rings. The quantitative estimate of drug-likeness (QED) is 0.837. The second-order valence-electron chi connectivity index (χ2n) is 4.22. The number of fused-ring (bicyclic) bond motifs is 1. The molecule has 3 heteroatoms. The minimum atomic E-state index is 0.0983. The fraction of sp³-hybridized carbons (Fsp3) is 0.235. The predicted molar refractivity (Wildman–Crippen MR) is 84.7 cm³/mol. The summed E-state index contributed by atoms with van der Waals surface area (Å²) < 4.78 is 0. The molecule has 0 atom stereocenters. The van der Waals surface area contributed by atoms with Crippen molar-refractivity contribution in [1.82, 2.24) is 0 Å². The van der Waals surface area contributed by atoms with E-state index in [9.17, 15) is 4.79 Å². The minimum absolute atomic E-state index is 0.0983. The van der Waals surface area contributed by atoms with Crippen LogP contribution in [0.15, 0.2) is 54.6 Å². The van der Waals surface area contributed by atoms with Gasteiger partial charge in [-0.25, -0.2) is 0 Å². The van der Waals surface area contributed by atoms with Gasteiger partial charge in [0.1, 0.15) is 0 Å². The fourth-order valence-corrected chi connectivity index (χ4v) is 1.88. The molecule has 0 bridgehead atoms. The topological polar surface area (TPSA) is 55.1 Å². The number of amides is 1. The third kappa shape index (κ3) is 4.86. The van der Waals surface area contributed by atoms with E-state index in [-0.39, 0.29) is 5.91 Å². The maximum atomic E-state index is 10.8. The first-order valence-electron chi connectivity index (χ1n) is 6.79. The van der Waals surface area contributed by atoms with Crippen LogP contribution in [0.5, 0.6) is 0 Å². The van der Waals surface area contributed by atoms with Crippen molar-refractivity contribution >= 4 is 11.6 Å². The molecule has 0 spiro atoms. The van der Waals surface area contributed by atoms with Crippen molar-refractivity contribution < 1.29 is 4.79 Å². The Bertz CT molecular complexity index is 497. The average molecular weight is 270 g/mol. The van der Waals surface area contributed by atoms with E-state index >= 15 is 0 Å². The summed E-state index contributed by atoms with van der Waals surface area (Å²) in [5.74, 6) is 0.0983. The molecule has 0 radical (unpaired) electrons. The Morgan fingerprint density at radius 3 is 2.15 bits per heavy atom. The van der Waals surface area contributed by atoms with E-state index in [0.717, 1.165) is 17.7 Å². The number of rotatable bonds is 1. The Morgan fingerprint density at radius 1 is 1.00 bits per heavy atom. The second kappa shape index (κ2) is 8.88. The molecule has 1 heterocycles. The molecule has 2 aromatic carbocycles. The molecule has 0 saturated heterocycles. The van der Waals surface area contributed by atoms with Crippen LogP contribution >= 0.6 is 0 Å². The van der Waals surface area contributed by atoms with Crippen molar-refractivity contribution in [3.63, 3.8) is 0 Å². The van der Waals surface area contributed by atoms with Crippen molar-refractivity contribution in [1.29, 1.82) is 0 Å². The molecule has 1 amide bonds. The lowest BCUT2D eigenvalue weighted by Crippen LogP contribution is -2.03. The highest BCUT2D eigenvalue weighted by Crippen LogP contribution is 2.20. The van der Waals surface area contributed by atoms with Crippen LogP contribution in [-0.2, 0) is 17.6 Å². The Balaban J connectivity index is 0.000000182. The second-order valence-corrected chi connectivity index (χ2v) is 4.22. The predicted octanol–water partition coefficient (Wildman–Crippen LogP) is 3.01. The summed E-state index contributed by atoms with van der Waals surface area (Å²) in [4.78, 5) is 10.8. The van der Waals surface area contributed by atoms with E-state index in [1.165, 1.54) is 12.6 Å². The number of aryl methyl sites for hydroxylation is 1. The Hall–Kier alpha value is -2.13. The Labute approximate surface area is 120 Å². The number of nitrogens with one attached hydrogen (secondary N) is 1. The maximum Gasteiger partial charge on any atom is 0.228 e. The maximum absolute atomic E-state index is 10.8. The molecule has 0 fully saturated rings. The van der Waals surface area contributed by atoms with E-state index in [2.05, 4.69) is 42.2 Å². The van der Waals surface area contributed by atoms with Crippen LogP contribution in [0.1, 0.15) is 18.1 Å². The van der Waals surface area contributed by atoms with Gasteiger partial charge in [-0.3, -0.25) is 4.79 Å². The summed E-state index contributed by atoms with van der Waals surface area (Å²) in [6, 6.07) is 18.2. The number of anilines is 1. The van der Waals surface area contributed by atoms with Gasteiger partial charge in [0.2, 0.25) is 5.91 Å². The molecule has 0 aliphatic carbocycles. The summed E-state index contributed by atoms with van der Waals surface area (Å²) in [5.41, 5.74) is 7.98. The summed E-state index contributed by atoms with van der Waals surface area (Å²) in [6.45, 7) is 2.16. The number of hydrogen-bond donors (Lipinski definition) is 2. The third-order valence-corrected chi connectivity index (χ3v) is 2.89. The molecule has 3 rings (SSSR count). The Morgan fingerprint density at radius 2 is 1.60 bits per heavy atom. The summed E-state index contributed by atoms with van der Waals surface area (Å²) in [7, 11) is 1.50. The van der Waals surface area contributed by atoms with E-state index in [4.69, 9.17) is 0 Å². The van der Waals surface area contributed by atoms with Crippen LogP contribution in [-0.4, -0.2) is 13.0 Å². The summed E-state index contributed by atoms with van der Waals surface area (Å²) in [5, 5.41) is 2.76. The molecule has 0 saturated carbocycles. The Kier molecular flexibility index (Phi) is 7.07. The van der Waals surface area contributed by atoms with Crippen molar-refractivity contribution in [2.45, 2.75) is 19.8 Å². The molecule has 0 unspecified atom stereocenters. The number of benzene rings is 2. The SMILES string of the molecule is CCc1ccccc1.CN.O=C1Cc2ccccc2N1. The van der Waals surface area contributed by atoms with Gasteiger partial charge in [0.25, 0.3) is 0 Å². The van der Waals surface area contributed by atoms with Crippen LogP contribution in [0.2, 0.25) is 0 Å². The van der Waals surface area contributed by atoms with E-state index in [0.29, 0.717) is 6.42 Å². The molecule has 1 aliphatic rings. The number of carbonyl (C=O) groups excluding carboxylic acids is 1. The number of para-hydroxylation sites is 1. The molecule has 1 aliphatic heterocycles. The van der Waals surface area contributed by atoms with Crippen molar-refractivity contribution in [2.24, 2.45) is 5.73 Å². The van der Waals surface area contributed by atoms with Gasteiger partial charge in [-0.1, -0.05) is 55.5 Å². The molecule has 3 N–H and O–H groups in total. The van der Waals surface area contributed by atoms with Gasteiger partial charge in [-0.15, -0.1) is 0 Å². The van der Waals surface area contributed by atoms with Gasteiger partial charge in [-0.05, 0) is 30.7 Å². The van der Waals surface area contributed by atoms with Crippen LogP contribution < -0.4 is 11.1 Å². The lowest BCUT2D eigenvalue weighted by molar-refractivity contribution is -0.115. The number of nitrogens with two attached hydrogens (primary N) is 1. The molecular formula is C17H22N2O. The monoisotopic (exact) mass is 270 g/mol. The van der Waals surface area contributed by atoms with Crippen molar-refractivity contribution in [3.05, 3.63) is 65.7 Å². The zero-order valence-corrected chi connectivity index (χ0v) is 12.1. The molecule has 0 aromatic heterocycles. The van der Waals surface area contributed by atoms with Gasteiger partial charge in [0.15, 0.2) is 0 Å². The highest BCUT2D eigenvalue weighted by Gasteiger charge is 2.15. The minimum Gasteiger partial charge on any atom is -0.333 e. The standard InChI is InChI=1S/C8H7NO.C8H10.CH5N/c10-8-5-6-3-1-2-4-7(6)9-8;1-2-8-6-4-3-5-7-8;1-2/h1-4H,5H2,(H,9,10);3-7H,2H2,1H3;2H2,1H3. The normalized spacial score (nSPS) is 11.2. The first-order valence-corrected chi connectivity index (χ1v) is 6.79. The molecule has 106 valence electrons. The highest BCUT2D eigenvalue weighted by molar-refractivity contribution is 5.98. The number of carbonyl (C=O) groups is 1.